The fourth-order valence-electron chi connectivity index (χ4n) is 3.88. The molecule has 1 N–H and O–H groups in total. The lowest BCUT2D eigenvalue weighted by molar-refractivity contribution is -0.124. The second-order valence-corrected chi connectivity index (χ2v) is 6.87. The molecule has 0 aliphatic carbocycles. The normalized spacial score (nSPS) is 26.4. The zero-order valence-corrected chi connectivity index (χ0v) is 14.4. The molecular weight excluding hydrogens is 318 g/mol. The zero-order chi connectivity index (χ0) is 17.2. The van der Waals surface area contributed by atoms with Crippen LogP contribution < -0.4 is 5.32 Å². The highest BCUT2D eigenvalue weighted by Crippen LogP contribution is 2.33. The van der Waals surface area contributed by atoms with Crippen LogP contribution in [0, 0.1) is 12.8 Å². The third-order valence-electron chi connectivity index (χ3n) is 5.07. The molecule has 25 heavy (non-hydrogen) atoms. The molecule has 3 atom stereocenters. The summed E-state index contributed by atoms with van der Waals surface area (Å²) in [5, 5.41) is 2.97. The first-order valence-corrected chi connectivity index (χ1v) is 8.81. The highest BCUT2D eigenvalue weighted by atomic mass is 16.5. The van der Waals surface area contributed by atoms with Crippen LogP contribution in [0.3, 0.4) is 0 Å². The predicted octanol–water partition coefficient (Wildman–Crippen LogP) is 2.60. The summed E-state index contributed by atoms with van der Waals surface area (Å²) >= 11 is 0. The number of furan rings is 1. The van der Waals surface area contributed by atoms with Crippen LogP contribution in [0.25, 0.3) is 0 Å². The molecule has 0 radical (unpaired) electrons. The summed E-state index contributed by atoms with van der Waals surface area (Å²) in [7, 11) is 0. The van der Waals surface area contributed by atoms with Crippen molar-refractivity contribution >= 4 is 11.6 Å². The van der Waals surface area contributed by atoms with Gasteiger partial charge in [-0.25, -0.2) is 0 Å². The standard InChI is InChI=1S/C19H23N3O3/c1-13-4-5-16(25-13)12-22-11-14(9-18-17(22)6-8-24-18)19(23)21-15-3-2-7-20-10-15/h2-5,7,10,14,17-18H,6,8-9,11-12H2,1H3,(H,21,23)/t14-,17+,18+/m0/s1. The molecule has 2 aliphatic heterocycles. The molecule has 2 saturated heterocycles. The van der Waals surface area contributed by atoms with E-state index >= 15 is 0 Å². The summed E-state index contributed by atoms with van der Waals surface area (Å²) in [6.45, 7) is 4.15. The van der Waals surface area contributed by atoms with Crippen molar-refractivity contribution in [2.75, 3.05) is 18.5 Å². The van der Waals surface area contributed by atoms with E-state index in [0.717, 1.165) is 49.7 Å². The summed E-state index contributed by atoms with van der Waals surface area (Å²) in [5.41, 5.74) is 0.732. The molecule has 4 heterocycles. The van der Waals surface area contributed by atoms with Crippen molar-refractivity contribution in [1.29, 1.82) is 0 Å². The lowest BCUT2D eigenvalue weighted by Gasteiger charge is -2.39. The zero-order valence-electron chi connectivity index (χ0n) is 14.4. The average Bonchev–Trinajstić information content (AvgIpc) is 3.24. The van der Waals surface area contributed by atoms with E-state index in [0.29, 0.717) is 6.04 Å². The average molecular weight is 341 g/mol. The maximum atomic E-state index is 12.7. The lowest BCUT2D eigenvalue weighted by Crippen LogP contribution is -2.51. The molecule has 0 bridgehead atoms. The summed E-state index contributed by atoms with van der Waals surface area (Å²) in [6, 6.07) is 8.03. The minimum atomic E-state index is -0.101. The smallest absolute Gasteiger partial charge is 0.228 e. The number of hydrogen-bond donors (Lipinski definition) is 1. The number of carbonyl (C=O) groups excluding carboxylic acids is 1. The van der Waals surface area contributed by atoms with E-state index in [9.17, 15) is 4.79 Å². The predicted molar refractivity (Wildman–Crippen MR) is 93.0 cm³/mol. The molecule has 0 unspecified atom stereocenters. The Kier molecular flexibility index (Phi) is 4.55. The number of carbonyl (C=O) groups is 1. The fraction of sp³-hybridized carbons (Fsp3) is 0.474. The van der Waals surface area contributed by atoms with Crippen molar-refractivity contribution in [3.05, 3.63) is 48.2 Å². The van der Waals surface area contributed by atoms with Gasteiger partial charge in [-0.2, -0.15) is 0 Å². The molecular formula is C19H23N3O3. The maximum Gasteiger partial charge on any atom is 0.228 e. The van der Waals surface area contributed by atoms with Gasteiger partial charge in [0, 0.05) is 25.4 Å². The molecule has 2 aromatic heterocycles. The van der Waals surface area contributed by atoms with Crippen LogP contribution in [0.1, 0.15) is 24.4 Å². The molecule has 4 rings (SSSR count). The summed E-state index contributed by atoms with van der Waals surface area (Å²) in [5.74, 6) is 1.78. The van der Waals surface area contributed by atoms with Crippen molar-refractivity contribution in [2.45, 2.75) is 38.5 Å². The van der Waals surface area contributed by atoms with Crippen LogP contribution in [-0.4, -0.2) is 41.1 Å². The van der Waals surface area contributed by atoms with Crippen molar-refractivity contribution in [2.24, 2.45) is 5.92 Å². The van der Waals surface area contributed by atoms with E-state index in [1.165, 1.54) is 0 Å². The van der Waals surface area contributed by atoms with E-state index in [-0.39, 0.29) is 17.9 Å². The molecule has 2 aromatic rings. The maximum absolute atomic E-state index is 12.7. The van der Waals surface area contributed by atoms with Crippen molar-refractivity contribution < 1.29 is 13.9 Å². The minimum Gasteiger partial charge on any atom is -0.465 e. The van der Waals surface area contributed by atoms with Gasteiger partial charge in [-0.1, -0.05) is 0 Å². The Morgan fingerprint density at radius 3 is 3.08 bits per heavy atom. The van der Waals surface area contributed by atoms with Gasteiger partial charge in [0.15, 0.2) is 0 Å². The lowest BCUT2D eigenvalue weighted by atomic mass is 9.89. The Balaban J connectivity index is 1.46. The molecule has 2 fully saturated rings. The van der Waals surface area contributed by atoms with Crippen LogP contribution in [0.15, 0.2) is 41.1 Å². The number of piperidine rings is 1. The van der Waals surface area contributed by atoms with Gasteiger partial charge in [0.05, 0.1) is 30.5 Å². The van der Waals surface area contributed by atoms with E-state index < -0.39 is 0 Å². The van der Waals surface area contributed by atoms with E-state index in [1.807, 2.05) is 31.2 Å². The van der Waals surface area contributed by atoms with Gasteiger partial charge in [0.25, 0.3) is 0 Å². The van der Waals surface area contributed by atoms with Gasteiger partial charge in [-0.3, -0.25) is 14.7 Å². The Labute approximate surface area is 147 Å². The quantitative estimate of drug-likeness (QED) is 0.926. The molecule has 0 aromatic carbocycles. The number of nitrogens with one attached hydrogen (secondary N) is 1. The molecule has 2 aliphatic rings. The first-order chi connectivity index (χ1) is 12.2. The highest BCUT2D eigenvalue weighted by molar-refractivity contribution is 5.92. The van der Waals surface area contributed by atoms with Gasteiger partial charge in [0.1, 0.15) is 11.5 Å². The molecule has 6 heteroatoms. The van der Waals surface area contributed by atoms with Gasteiger partial charge in [0.2, 0.25) is 5.91 Å². The van der Waals surface area contributed by atoms with Crippen LogP contribution in [0.2, 0.25) is 0 Å². The number of nitrogens with zero attached hydrogens (tertiary/aromatic N) is 2. The number of rotatable bonds is 4. The van der Waals surface area contributed by atoms with Gasteiger partial charge < -0.3 is 14.5 Å². The summed E-state index contributed by atoms with van der Waals surface area (Å²) in [4.78, 5) is 19.1. The van der Waals surface area contributed by atoms with Crippen molar-refractivity contribution in [3.63, 3.8) is 0 Å². The number of likely N-dealkylation sites (tertiary alicyclic amines) is 1. The SMILES string of the molecule is Cc1ccc(CN2C[C@@H](C(=O)Nc3cccnc3)C[C@H]3OCC[C@H]32)o1. The Morgan fingerprint density at radius 2 is 2.32 bits per heavy atom. The van der Waals surface area contributed by atoms with Crippen LogP contribution in [-0.2, 0) is 16.1 Å². The van der Waals surface area contributed by atoms with Crippen LogP contribution >= 0.6 is 0 Å². The second kappa shape index (κ2) is 6.98. The highest BCUT2D eigenvalue weighted by Gasteiger charge is 2.42. The van der Waals surface area contributed by atoms with Gasteiger partial charge in [-0.05, 0) is 44.0 Å². The second-order valence-electron chi connectivity index (χ2n) is 6.87. The number of fused-ring (bicyclic) bond motifs is 1. The van der Waals surface area contributed by atoms with Gasteiger partial charge in [-0.15, -0.1) is 0 Å². The third kappa shape index (κ3) is 3.60. The molecule has 132 valence electrons. The Morgan fingerprint density at radius 1 is 1.40 bits per heavy atom. The largest absolute Gasteiger partial charge is 0.465 e. The van der Waals surface area contributed by atoms with Crippen molar-refractivity contribution in [1.82, 2.24) is 9.88 Å². The third-order valence-corrected chi connectivity index (χ3v) is 5.07. The fourth-order valence-corrected chi connectivity index (χ4v) is 3.88. The number of aryl methyl sites for hydroxylation is 1. The Hall–Kier alpha value is -2.18. The number of hydrogen-bond acceptors (Lipinski definition) is 5. The monoisotopic (exact) mass is 341 g/mol. The van der Waals surface area contributed by atoms with E-state index in [2.05, 4.69) is 15.2 Å². The van der Waals surface area contributed by atoms with Gasteiger partial charge >= 0.3 is 0 Å². The van der Waals surface area contributed by atoms with Crippen molar-refractivity contribution in [3.8, 4) is 0 Å². The van der Waals surface area contributed by atoms with E-state index in [4.69, 9.17) is 9.15 Å². The number of aromatic nitrogens is 1. The minimum absolute atomic E-state index is 0.0302. The first kappa shape index (κ1) is 16.3. The number of amides is 1. The van der Waals surface area contributed by atoms with Crippen LogP contribution in [0.5, 0.6) is 0 Å². The Bertz CT molecular complexity index is 731. The summed E-state index contributed by atoms with van der Waals surface area (Å²) < 4.78 is 11.6. The summed E-state index contributed by atoms with van der Waals surface area (Å²) in [6.07, 6.45) is 5.26. The molecule has 0 spiro atoms. The molecule has 6 nitrogen and oxygen atoms in total. The number of anilines is 1. The number of ether oxygens (including phenoxy) is 1. The molecule has 0 saturated carbocycles. The topological polar surface area (TPSA) is 67.6 Å². The first-order valence-electron chi connectivity index (χ1n) is 8.81. The van der Waals surface area contributed by atoms with Crippen LogP contribution in [0.4, 0.5) is 5.69 Å². The molecule has 1 amide bonds. The van der Waals surface area contributed by atoms with E-state index in [1.54, 1.807) is 12.4 Å². The number of pyridine rings is 1.